The van der Waals surface area contributed by atoms with E-state index in [9.17, 15) is 4.39 Å². The van der Waals surface area contributed by atoms with Crippen LogP contribution in [0.1, 0.15) is 11.1 Å². The Bertz CT molecular complexity index is 546. The first-order valence-corrected chi connectivity index (χ1v) is 5.50. The number of hydrazine groups is 1. The van der Waals surface area contributed by atoms with Crippen molar-refractivity contribution >= 4 is 5.82 Å². The minimum atomic E-state index is -0.330. The Kier molecular flexibility index (Phi) is 3.74. The molecule has 1 heterocycles. The molecule has 0 bridgehead atoms. The maximum absolute atomic E-state index is 13.7. The summed E-state index contributed by atoms with van der Waals surface area (Å²) in [6, 6.07) is 8.59. The number of ether oxygens (including phenoxy) is 1. The van der Waals surface area contributed by atoms with Crippen molar-refractivity contribution in [3.05, 3.63) is 53.5 Å². The highest BCUT2D eigenvalue weighted by Gasteiger charge is 2.06. The van der Waals surface area contributed by atoms with E-state index in [2.05, 4.69) is 10.4 Å². The number of anilines is 1. The lowest BCUT2D eigenvalue weighted by molar-refractivity contribution is 0.289. The van der Waals surface area contributed by atoms with Gasteiger partial charge in [-0.25, -0.2) is 15.2 Å². The first-order valence-electron chi connectivity index (χ1n) is 5.50. The molecular formula is C13H14FN3O. The summed E-state index contributed by atoms with van der Waals surface area (Å²) in [6.45, 7) is 1.96. The summed E-state index contributed by atoms with van der Waals surface area (Å²) in [5.41, 5.74) is 3.87. The highest BCUT2D eigenvalue weighted by molar-refractivity contribution is 5.36. The number of nitrogens with two attached hydrogens (primary N) is 1. The summed E-state index contributed by atoms with van der Waals surface area (Å²) in [5, 5.41) is 0. The molecule has 0 atom stereocenters. The number of nitrogen functional groups attached to an aromatic ring is 1. The second-order valence-corrected chi connectivity index (χ2v) is 3.87. The van der Waals surface area contributed by atoms with Crippen LogP contribution in [0.4, 0.5) is 10.2 Å². The zero-order valence-corrected chi connectivity index (χ0v) is 9.98. The number of hydrogen-bond donors (Lipinski definition) is 2. The van der Waals surface area contributed by atoms with Crippen LogP contribution in [-0.2, 0) is 6.61 Å². The van der Waals surface area contributed by atoms with Crippen LogP contribution >= 0.6 is 0 Å². The monoisotopic (exact) mass is 247 g/mol. The predicted molar refractivity (Wildman–Crippen MR) is 67.5 cm³/mol. The first-order chi connectivity index (χ1) is 8.70. The molecule has 0 unspecified atom stereocenters. The molecule has 1 aromatic heterocycles. The second-order valence-electron chi connectivity index (χ2n) is 3.87. The Balaban J connectivity index is 2.09. The molecule has 3 N–H and O–H groups in total. The van der Waals surface area contributed by atoms with Crippen molar-refractivity contribution in [2.45, 2.75) is 13.5 Å². The number of halogens is 1. The Morgan fingerprint density at radius 2 is 2.22 bits per heavy atom. The topological polar surface area (TPSA) is 60.2 Å². The average Bonchev–Trinajstić information content (AvgIpc) is 2.41. The molecule has 94 valence electrons. The molecule has 2 aromatic rings. The van der Waals surface area contributed by atoms with Gasteiger partial charge >= 0.3 is 0 Å². The highest BCUT2D eigenvalue weighted by atomic mass is 19.1. The smallest absolute Gasteiger partial charge is 0.167 e. The number of nitrogens with one attached hydrogen (secondary N) is 1. The third kappa shape index (κ3) is 2.75. The second kappa shape index (κ2) is 5.46. The van der Waals surface area contributed by atoms with E-state index in [0.29, 0.717) is 11.4 Å². The molecule has 0 fully saturated rings. The summed E-state index contributed by atoms with van der Waals surface area (Å²) in [5.74, 6) is 5.71. The van der Waals surface area contributed by atoms with E-state index in [0.717, 1.165) is 5.56 Å². The third-order valence-corrected chi connectivity index (χ3v) is 2.52. The zero-order chi connectivity index (χ0) is 13.0. The van der Waals surface area contributed by atoms with Gasteiger partial charge in [-0.15, -0.1) is 0 Å². The van der Waals surface area contributed by atoms with Gasteiger partial charge in [0.05, 0.1) is 0 Å². The van der Waals surface area contributed by atoms with Crippen LogP contribution in [0.3, 0.4) is 0 Å². The van der Waals surface area contributed by atoms with Gasteiger partial charge in [-0.1, -0.05) is 12.1 Å². The number of pyridine rings is 1. The van der Waals surface area contributed by atoms with Crippen LogP contribution in [0.2, 0.25) is 0 Å². The molecule has 0 amide bonds. The van der Waals surface area contributed by atoms with Gasteiger partial charge in [-0.2, -0.15) is 0 Å². The van der Waals surface area contributed by atoms with Crippen molar-refractivity contribution in [3.8, 4) is 5.75 Å². The van der Waals surface area contributed by atoms with E-state index in [1.165, 1.54) is 0 Å². The van der Waals surface area contributed by atoms with Crippen molar-refractivity contribution in [2.75, 3.05) is 5.43 Å². The van der Waals surface area contributed by atoms with Gasteiger partial charge < -0.3 is 10.2 Å². The van der Waals surface area contributed by atoms with Gasteiger partial charge in [0.1, 0.15) is 12.4 Å². The van der Waals surface area contributed by atoms with Crippen LogP contribution in [-0.4, -0.2) is 4.98 Å². The molecule has 4 nitrogen and oxygen atoms in total. The molecule has 0 spiro atoms. The van der Waals surface area contributed by atoms with E-state index >= 15 is 0 Å². The van der Waals surface area contributed by atoms with Crippen LogP contribution < -0.4 is 16.0 Å². The number of nitrogens with zero attached hydrogens (tertiary/aromatic N) is 1. The SMILES string of the molecule is Cc1cccc(OCc2ccnc(NN)c2)c1F. The quantitative estimate of drug-likeness (QED) is 0.643. The van der Waals surface area contributed by atoms with Crippen LogP contribution in [0.15, 0.2) is 36.5 Å². The summed E-state index contributed by atoms with van der Waals surface area (Å²) in [6.07, 6.45) is 1.61. The highest BCUT2D eigenvalue weighted by Crippen LogP contribution is 2.21. The van der Waals surface area contributed by atoms with Gasteiger partial charge in [0.15, 0.2) is 11.6 Å². The molecule has 2 rings (SSSR count). The standard InChI is InChI=1S/C13H14FN3O/c1-9-3-2-4-11(13(9)14)18-8-10-5-6-16-12(7-10)17-15/h2-7H,8,15H2,1H3,(H,16,17). The van der Waals surface area contributed by atoms with Crippen molar-refractivity contribution in [1.29, 1.82) is 0 Å². The molecule has 0 saturated heterocycles. The van der Waals surface area contributed by atoms with Crippen molar-refractivity contribution in [2.24, 2.45) is 5.84 Å². The summed E-state index contributed by atoms with van der Waals surface area (Å²) >= 11 is 0. The lowest BCUT2D eigenvalue weighted by Crippen LogP contribution is -2.09. The van der Waals surface area contributed by atoms with E-state index in [4.69, 9.17) is 10.6 Å². The van der Waals surface area contributed by atoms with Gasteiger partial charge in [-0.3, -0.25) is 0 Å². The summed E-state index contributed by atoms with van der Waals surface area (Å²) < 4.78 is 19.1. The number of aryl methyl sites for hydroxylation is 1. The van der Waals surface area contributed by atoms with Gasteiger partial charge in [0.25, 0.3) is 0 Å². The van der Waals surface area contributed by atoms with Crippen molar-refractivity contribution < 1.29 is 9.13 Å². The van der Waals surface area contributed by atoms with Gasteiger partial charge in [0.2, 0.25) is 0 Å². The maximum atomic E-state index is 13.7. The average molecular weight is 247 g/mol. The molecule has 5 heteroatoms. The predicted octanol–water partition coefficient (Wildman–Crippen LogP) is 2.39. The molecule has 18 heavy (non-hydrogen) atoms. The van der Waals surface area contributed by atoms with Crippen LogP contribution in [0.5, 0.6) is 5.75 Å². The Labute approximate surface area is 105 Å². The van der Waals surface area contributed by atoms with E-state index in [1.54, 1.807) is 43.5 Å². The molecule has 0 radical (unpaired) electrons. The number of benzene rings is 1. The van der Waals surface area contributed by atoms with Crippen molar-refractivity contribution in [3.63, 3.8) is 0 Å². The number of rotatable bonds is 4. The Hall–Kier alpha value is -2.14. The lowest BCUT2D eigenvalue weighted by Gasteiger charge is -2.09. The Morgan fingerprint density at radius 3 is 3.00 bits per heavy atom. The number of hydrogen-bond acceptors (Lipinski definition) is 4. The van der Waals surface area contributed by atoms with Crippen LogP contribution in [0.25, 0.3) is 0 Å². The number of aromatic nitrogens is 1. The fourth-order valence-corrected chi connectivity index (χ4v) is 1.54. The minimum Gasteiger partial charge on any atom is -0.486 e. The molecule has 0 aliphatic rings. The van der Waals surface area contributed by atoms with Crippen molar-refractivity contribution in [1.82, 2.24) is 4.98 Å². The van der Waals surface area contributed by atoms with E-state index in [-0.39, 0.29) is 18.2 Å². The maximum Gasteiger partial charge on any atom is 0.167 e. The molecule has 0 aliphatic heterocycles. The van der Waals surface area contributed by atoms with Crippen LogP contribution in [0, 0.1) is 12.7 Å². The molecule has 0 aliphatic carbocycles. The molecule has 0 saturated carbocycles. The zero-order valence-electron chi connectivity index (χ0n) is 9.98. The largest absolute Gasteiger partial charge is 0.486 e. The van der Waals surface area contributed by atoms with Gasteiger partial charge in [0, 0.05) is 6.20 Å². The summed E-state index contributed by atoms with van der Waals surface area (Å²) in [4.78, 5) is 3.98. The summed E-state index contributed by atoms with van der Waals surface area (Å²) in [7, 11) is 0. The van der Waals surface area contributed by atoms with E-state index in [1.807, 2.05) is 0 Å². The molecule has 1 aromatic carbocycles. The van der Waals surface area contributed by atoms with Gasteiger partial charge in [-0.05, 0) is 36.2 Å². The third-order valence-electron chi connectivity index (χ3n) is 2.52. The normalized spacial score (nSPS) is 10.2. The minimum absolute atomic E-state index is 0.245. The lowest BCUT2D eigenvalue weighted by atomic mass is 10.2. The fraction of sp³-hybridized carbons (Fsp3) is 0.154. The fourth-order valence-electron chi connectivity index (χ4n) is 1.54. The van der Waals surface area contributed by atoms with E-state index < -0.39 is 0 Å². The molecular weight excluding hydrogens is 233 g/mol. The Morgan fingerprint density at radius 1 is 1.39 bits per heavy atom. The first kappa shape index (κ1) is 12.3.